The van der Waals surface area contributed by atoms with Crippen LogP contribution in [0.2, 0.25) is 0 Å². The molecule has 25 heavy (non-hydrogen) atoms. The van der Waals surface area contributed by atoms with Crippen molar-refractivity contribution in [3.8, 4) is 0 Å². The molecule has 0 atom stereocenters. The number of amides is 1. The Morgan fingerprint density at radius 3 is 2.72 bits per heavy atom. The predicted octanol–water partition coefficient (Wildman–Crippen LogP) is 3.39. The number of hydrogen-bond donors (Lipinski definition) is 5. The SMILES string of the molecule is CN/C=C(\C=N)c1ccc(Nc2cccc3c2NCCC(=O)N3)cc1. The van der Waals surface area contributed by atoms with E-state index in [2.05, 4.69) is 21.3 Å². The zero-order valence-electron chi connectivity index (χ0n) is 14.0. The van der Waals surface area contributed by atoms with Crippen LogP contribution in [0.3, 0.4) is 0 Å². The fourth-order valence-electron chi connectivity index (χ4n) is 2.73. The molecule has 0 saturated carbocycles. The second-order valence-electron chi connectivity index (χ2n) is 5.69. The van der Waals surface area contributed by atoms with E-state index in [9.17, 15) is 4.79 Å². The van der Waals surface area contributed by atoms with E-state index in [0.717, 1.165) is 33.9 Å². The lowest BCUT2D eigenvalue weighted by Crippen LogP contribution is -2.10. The molecule has 0 aliphatic carbocycles. The lowest BCUT2D eigenvalue weighted by Gasteiger charge is -2.15. The van der Waals surface area contributed by atoms with E-state index in [1.54, 1.807) is 6.20 Å². The molecule has 0 unspecified atom stereocenters. The topological polar surface area (TPSA) is 89.0 Å². The number of rotatable bonds is 5. The predicted molar refractivity (Wildman–Crippen MR) is 104 cm³/mol. The van der Waals surface area contributed by atoms with Crippen LogP contribution in [0.4, 0.5) is 22.7 Å². The molecular weight excluding hydrogens is 314 g/mol. The highest BCUT2D eigenvalue weighted by atomic mass is 16.1. The van der Waals surface area contributed by atoms with Crippen molar-refractivity contribution in [1.82, 2.24) is 5.32 Å². The van der Waals surface area contributed by atoms with Gasteiger partial charge in [-0.05, 0) is 29.8 Å². The number of allylic oxidation sites excluding steroid dienone is 1. The molecule has 1 heterocycles. The zero-order chi connectivity index (χ0) is 17.6. The first-order valence-corrected chi connectivity index (χ1v) is 8.13. The fraction of sp³-hybridized carbons (Fsp3) is 0.158. The molecule has 0 spiro atoms. The molecule has 128 valence electrons. The second kappa shape index (κ2) is 7.53. The summed E-state index contributed by atoms with van der Waals surface area (Å²) in [4.78, 5) is 11.7. The Balaban J connectivity index is 1.84. The van der Waals surface area contributed by atoms with Crippen LogP contribution in [-0.2, 0) is 4.79 Å². The van der Waals surface area contributed by atoms with Crippen LogP contribution in [0.5, 0.6) is 0 Å². The minimum Gasteiger partial charge on any atom is -0.393 e. The highest BCUT2D eigenvalue weighted by molar-refractivity contribution is 6.08. The summed E-state index contributed by atoms with van der Waals surface area (Å²) in [5, 5.41) is 20.0. The van der Waals surface area contributed by atoms with Gasteiger partial charge in [0.2, 0.25) is 5.91 Å². The van der Waals surface area contributed by atoms with Gasteiger partial charge in [-0.25, -0.2) is 0 Å². The van der Waals surface area contributed by atoms with Crippen molar-refractivity contribution in [1.29, 1.82) is 5.41 Å². The van der Waals surface area contributed by atoms with Gasteiger partial charge in [0.1, 0.15) is 0 Å². The van der Waals surface area contributed by atoms with E-state index in [1.807, 2.05) is 49.5 Å². The number of anilines is 4. The number of carbonyl (C=O) groups is 1. The van der Waals surface area contributed by atoms with E-state index in [0.29, 0.717) is 13.0 Å². The number of fused-ring (bicyclic) bond motifs is 1. The van der Waals surface area contributed by atoms with Gasteiger partial charge in [0.15, 0.2) is 0 Å². The largest absolute Gasteiger partial charge is 0.393 e. The molecule has 0 saturated heterocycles. The summed E-state index contributed by atoms with van der Waals surface area (Å²) in [6.45, 7) is 0.605. The van der Waals surface area contributed by atoms with E-state index >= 15 is 0 Å². The standard InChI is InChI=1S/C19H21N5O/c1-21-12-14(11-20)13-5-7-15(8-6-13)23-16-3-2-4-17-19(16)22-10-9-18(25)24-17/h2-8,11-12,20-23H,9-10H2,1H3,(H,24,25)/b14-12+,20-11?. The number of benzene rings is 2. The third kappa shape index (κ3) is 3.80. The molecule has 5 N–H and O–H groups in total. The summed E-state index contributed by atoms with van der Waals surface area (Å²) >= 11 is 0. The van der Waals surface area contributed by atoms with Gasteiger partial charge in [-0.1, -0.05) is 18.2 Å². The first kappa shape index (κ1) is 16.6. The maximum Gasteiger partial charge on any atom is 0.226 e. The van der Waals surface area contributed by atoms with Crippen molar-refractivity contribution in [2.75, 3.05) is 29.5 Å². The molecule has 2 aromatic rings. The smallest absolute Gasteiger partial charge is 0.226 e. The van der Waals surface area contributed by atoms with Crippen LogP contribution < -0.4 is 21.3 Å². The molecule has 0 aromatic heterocycles. The lowest BCUT2D eigenvalue weighted by atomic mass is 10.1. The van der Waals surface area contributed by atoms with Crippen molar-refractivity contribution in [3.05, 3.63) is 54.2 Å². The maximum absolute atomic E-state index is 11.7. The van der Waals surface area contributed by atoms with Gasteiger partial charge in [-0.15, -0.1) is 0 Å². The summed E-state index contributed by atoms with van der Waals surface area (Å²) in [5.74, 6) is 0.0169. The second-order valence-corrected chi connectivity index (χ2v) is 5.69. The van der Waals surface area contributed by atoms with Crippen LogP contribution in [0, 0.1) is 5.41 Å². The highest BCUT2D eigenvalue weighted by Crippen LogP contribution is 2.34. The van der Waals surface area contributed by atoms with Crippen LogP contribution in [0.25, 0.3) is 5.57 Å². The molecule has 6 nitrogen and oxygen atoms in total. The molecule has 1 aliphatic heterocycles. The average Bonchev–Trinajstić information content (AvgIpc) is 2.82. The van der Waals surface area contributed by atoms with Crippen molar-refractivity contribution < 1.29 is 4.79 Å². The first-order chi connectivity index (χ1) is 12.2. The van der Waals surface area contributed by atoms with Gasteiger partial charge >= 0.3 is 0 Å². The normalized spacial score (nSPS) is 13.8. The number of carbonyl (C=O) groups excluding carboxylic acids is 1. The van der Waals surface area contributed by atoms with Gasteiger partial charge in [-0.2, -0.15) is 0 Å². The minimum atomic E-state index is 0.0169. The summed E-state index contributed by atoms with van der Waals surface area (Å²) in [5.41, 5.74) is 5.30. The Morgan fingerprint density at radius 2 is 2.00 bits per heavy atom. The first-order valence-electron chi connectivity index (χ1n) is 8.13. The lowest BCUT2D eigenvalue weighted by molar-refractivity contribution is -0.115. The van der Waals surface area contributed by atoms with Crippen molar-refractivity contribution in [3.63, 3.8) is 0 Å². The summed E-state index contributed by atoms with van der Waals surface area (Å²) < 4.78 is 0. The van der Waals surface area contributed by atoms with Gasteiger partial charge in [0.05, 0.1) is 17.1 Å². The Labute approximate surface area is 146 Å². The van der Waals surface area contributed by atoms with Gasteiger partial charge in [-0.3, -0.25) is 4.79 Å². The Bertz CT molecular complexity index is 811. The van der Waals surface area contributed by atoms with Crippen molar-refractivity contribution in [2.24, 2.45) is 0 Å². The quantitative estimate of drug-likeness (QED) is 0.542. The minimum absolute atomic E-state index is 0.0169. The number of nitrogens with one attached hydrogen (secondary N) is 5. The Kier molecular flexibility index (Phi) is 4.99. The Morgan fingerprint density at radius 1 is 1.20 bits per heavy atom. The van der Waals surface area contributed by atoms with Gasteiger partial charge in [0.25, 0.3) is 0 Å². The summed E-state index contributed by atoms with van der Waals surface area (Å²) in [6.07, 6.45) is 3.56. The molecule has 1 aliphatic rings. The molecule has 3 rings (SSSR count). The van der Waals surface area contributed by atoms with Crippen LogP contribution in [0.1, 0.15) is 12.0 Å². The highest BCUT2D eigenvalue weighted by Gasteiger charge is 2.15. The Hall–Kier alpha value is -3.28. The van der Waals surface area contributed by atoms with E-state index in [1.165, 1.54) is 6.21 Å². The fourth-order valence-corrected chi connectivity index (χ4v) is 2.73. The van der Waals surface area contributed by atoms with Gasteiger partial charge < -0.3 is 26.7 Å². The average molecular weight is 335 g/mol. The van der Waals surface area contributed by atoms with E-state index < -0.39 is 0 Å². The van der Waals surface area contributed by atoms with Crippen LogP contribution in [0.15, 0.2) is 48.7 Å². The van der Waals surface area contributed by atoms with Crippen molar-refractivity contribution >= 4 is 40.4 Å². The maximum atomic E-state index is 11.7. The molecule has 1 amide bonds. The number of hydrogen-bond acceptors (Lipinski definition) is 5. The molecule has 2 aromatic carbocycles. The summed E-state index contributed by atoms with van der Waals surface area (Å²) in [6, 6.07) is 13.6. The third-order valence-corrected chi connectivity index (χ3v) is 3.94. The molecule has 6 heteroatoms. The molecule has 0 radical (unpaired) electrons. The number of para-hydroxylation sites is 1. The summed E-state index contributed by atoms with van der Waals surface area (Å²) in [7, 11) is 1.81. The molecule has 0 fully saturated rings. The van der Waals surface area contributed by atoms with Crippen LogP contribution in [-0.4, -0.2) is 25.7 Å². The zero-order valence-corrected chi connectivity index (χ0v) is 14.0. The molecular formula is C19H21N5O. The van der Waals surface area contributed by atoms with E-state index in [-0.39, 0.29) is 5.91 Å². The molecule has 0 bridgehead atoms. The van der Waals surface area contributed by atoms with Crippen LogP contribution >= 0.6 is 0 Å². The van der Waals surface area contributed by atoms with Crippen molar-refractivity contribution in [2.45, 2.75) is 6.42 Å². The monoisotopic (exact) mass is 335 g/mol. The third-order valence-electron chi connectivity index (χ3n) is 3.94. The van der Waals surface area contributed by atoms with Gasteiger partial charge in [0, 0.05) is 43.7 Å². The van der Waals surface area contributed by atoms with E-state index in [4.69, 9.17) is 5.41 Å².